The molecule has 1 nitrogen and oxygen atoms in total. The fourth-order valence-corrected chi connectivity index (χ4v) is 0.859. The van der Waals surface area contributed by atoms with Crippen LogP contribution < -0.4 is 5.73 Å². The minimum atomic E-state index is 0.505. The third-order valence-electron chi connectivity index (χ3n) is 0.678. The van der Waals surface area contributed by atoms with Gasteiger partial charge in [-0.15, -0.1) is 0 Å². The lowest BCUT2D eigenvalue weighted by molar-refractivity contribution is 0.842. The van der Waals surface area contributed by atoms with Gasteiger partial charge < -0.3 is 5.73 Å². The first-order valence-corrected chi connectivity index (χ1v) is 4.29. The van der Waals surface area contributed by atoms with E-state index in [-0.39, 0.29) is 0 Å². The van der Waals surface area contributed by atoms with Crippen LogP contribution in [0.4, 0.5) is 0 Å². The first kappa shape index (κ1) is 8.04. The average Bonchev–Trinajstić information content (AvgIpc) is 1.68. The van der Waals surface area contributed by atoms with Crippen molar-refractivity contribution in [2.24, 2.45) is 5.73 Å². The molecule has 7 heavy (non-hydrogen) atoms. The van der Waals surface area contributed by atoms with Gasteiger partial charge in [0.15, 0.2) is 0 Å². The lowest BCUT2D eigenvalue weighted by atomic mass is 10.3. The van der Waals surface area contributed by atoms with Gasteiger partial charge in [-0.2, -0.15) is 12.6 Å². The Hall–Kier alpha value is 1.04. The second kappa shape index (κ2) is 5.18. The summed E-state index contributed by atoms with van der Waals surface area (Å²) in [6, 6.07) is 0. The molecule has 44 valence electrons. The Morgan fingerprint density at radius 1 is 1.71 bits per heavy atom. The van der Waals surface area contributed by atoms with Gasteiger partial charge in [-0.05, 0) is 13.0 Å². The van der Waals surface area contributed by atoms with Crippen LogP contribution in [-0.2, 0) is 0 Å². The van der Waals surface area contributed by atoms with Crippen LogP contribution in [0.3, 0.4) is 0 Å². The lowest BCUT2D eigenvalue weighted by Gasteiger charge is -2.00. The summed E-state index contributed by atoms with van der Waals surface area (Å²) in [5.41, 5.74) is 5.25. The van der Waals surface area contributed by atoms with E-state index in [4.69, 9.17) is 5.73 Å². The second-order valence-corrected chi connectivity index (χ2v) is 3.00. The number of hydrogen-bond acceptors (Lipinski definition) is 2. The van der Waals surface area contributed by atoms with Gasteiger partial charge in [0.05, 0.1) is 0 Å². The summed E-state index contributed by atoms with van der Waals surface area (Å²) in [4.78, 5) is 0. The van der Waals surface area contributed by atoms with E-state index >= 15 is 0 Å². The van der Waals surface area contributed by atoms with E-state index in [9.17, 15) is 0 Å². The minimum absolute atomic E-state index is 0.505. The summed E-state index contributed by atoms with van der Waals surface area (Å²) >= 11 is 6.53. The number of hydrogen-bond donors (Lipinski definition) is 2. The van der Waals surface area contributed by atoms with Crippen molar-refractivity contribution < 1.29 is 0 Å². The lowest BCUT2D eigenvalue weighted by Crippen LogP contribution is -2.08. The van der Waals surface area contributed by atoms with Crippen LogP contribution in [0.25, 0.3) is 0 Å². The quantitative estimate of drug-likeness (QED) is 0.424. The summed E-state index contributed by atoms with van der Waals surface area (Å²) in [6.45, 7) is 0.761. The molecule has 0 aromatic rings. The maximum atomic E-state index is 5.25. The highest BCUT2D eigenvalue weighted by Gasteiger charge is 1.95. The molecule has 0 aliphatic rings. The van der Waals surface area contributed by atoms with E-state index in [2.05, 4.69) is 35.2 Å². The summed E-state index contributed by atoms with van der Waals surface area (Å²) in [5, 5.41) is 0.505. The molecule has 0 spiro atoms. The van der Waals surface area contributed by atoms with Crippen LogP contribution in [0, 0.1) is 0 Å². The second-order valence-electron chi connectivity index (χ2n) is 1.39. The van der Waals surface area contributed by atoms with Gasteiger partial charge in [0.25, 0.3) is 0 Å². The van der Waals surface area contributed by atoms with Crippen LogP contribution in [0.15, 0.2) is 0 Å². The van der Waals surface area contributed by atoms with Crippen LogP contribution in [0.5, 0.6) is 0 Å². The molecule has 0 aliphatic heterocycles. The van der Waals surface area contributed by atoms with Crippen molar-refractivity contribution in [3.63, 3.8) is 0 Å². The number of alkyl halides is 1. The summed E-state index contributed by atoms with van der Waals surface area (Å²) in [6.07, 6.45) is 1.03. The van der Waals surface area contributed by atoms with Gasteiger partial charge in [-0.3, -0.25) is 0 Å². The molecule has 2 N–H and O–H groups in total. The normalized spacial score (nSPS) is 14.1. The van der Waals surface area contributed by atoms with Crippen molar-refractivity contribution in [3.8, 4) is 0 Å². The fourth-order valence-electron chi connectivity index (χ4n) is 0.270. The van der Waals surface area contributed by atoms with Crippen LogP contribution in [0.1, 0.15) is 6.42 Å². The van der Waals surface area contributed by atoms with E-state index < -0.39 is 0 Å². The molecule has 0 radical (unpaired) electrons. The molecule has 0 amide bonds. The Kier molecular flexibility index (Phi) is 5.95. The molecule has 1 atom stereocenters. The zero-order valence-corrected chi connectivity index (χ0v) is 7.15. The molecular weight excluding hydrogens is 221 g/mol. The molecule has 0 unspecified atom stereocenters. The Balaban J connectivity index is 2.83. The topological polar surface area (TPSA) is 26.0 Å². The Morgan fingerprint density at radius 3 is 2.43 bits per heavy atom. The maximum absolute atomic E-state index is 5.25. The van der Waals surface area contributed by atoms with E-state index in [1.165, 1.54) is 0 Å². The molecule has 0 saturated heterocycles. The van der Waals surface area contributed by atoms with Gasteiger partial charge in [0.1, 0.15) is 0 Å². The third-order valence-corrected chi connectivity index (χ3v) is 2.88. The third kappa shape index (κ3) is 4.90. The Bertz CT molecular complexity index is 42.7. The summed E-state index contributed by atoms with van der Waals surface area (Å²) in [5.74, 6) is 0. The van der Waals surface area contributed by atoms with Crippen LogP contribution in [-0.4, -0.2) is 16.2 Å². The molecule has 3 heteroatoms. The van der Waals surface area contributed by atoms with Crippen molar-refractivity contribution in [2.45, 2.75) is 11.7 Å². The van der Waals surface area contributed by atoms with Crippen molar-refractivity contribution in [1.29, 1.82) is 0 Å². The zero-order valence-electron chi connectivity index (χ0n) is 4.10. The molecule has 0 aromatic heterocycles. The van der Waals surface area contributed by atoms with E-state index in [0.29, 0.717) is 5.25 Å². The van der Waals surface area contributed by atoms with Gasteiger partial charge in [-0.25, -0.2) is 0 Å². The van der Waals surface area contributed by atoms with E-state index in [1.54, 1.807) is 0 Å². The van der Waals surface area contributed by atoms with Crippen molar-refractivity contribution in [2.75, 3.05) is 11.0 Å². The first-order valence-electron chi connectivity index (χ1n) is 2.25. The predicted octanol–water partition coefficient (Wildman–Crippen LogP) is 1.07. The molecule has 0 aliphatic carbocycles. The highest BCUT2D eigenvalue weighted by atomic mass is 127. The van der Waals surface area contributed by atoms with Gasteiger partial charge >= 0.3 is 0 Å². The first-order chi connectivity index (χ1) is 3.31. The summed E-state index contributed by atoms with van der Waals surface area (Å²) < 4.78 is 1.10. The zero-order chi connectivity index (χ0) is 5.70. The molecule has 0 rings (SSSR count). The molecule has 0 heterocycles. The SMILES string of the molecule is NCC[C@@H](S)CI. The number of thiol groups is 1. The number of rotatable bonds is 3. The maximum Gasteiger partial charge on any atom is 0.0118 e. The Morgan fingerprint density at radius 2 is 2.29 bits per heavy atom. The van der Waals surface area contributed by atoms with Gasteiger partial charge in [0, 0.05) is 9.68 Å². The fraction of sp³-hybridized carbons (Fsp3) is 1.00. The largest absolute Gasteiger partial charge is 0.330 e. The standard InChI is InChI=1S/C4H10INS/c5-3-4(7)1-2-6/h4,7H,1-3,6H2/t4-/m1/s1. The Labute approximate surface area is 63.6 Å². The smallest absolute Gasteiger partial charge is 0.0118 e. The summed E-state index contributed by atoms with van der Waals surface area (Å²) in [7, 11) is 0. The van der Waals surface area contributed by atoms with E-state index in [1.807, 2.05) is 0 Å². The predicted molar refractivity (Wildman–Crippen MR) is 45.3 cm³/mol. The monoisotopic (exact) mass is 231 g/mol. The average molecular weight is 231 g/mol. The van der Waals surface area contributed by atoms with Gasteiger partial charge in [0.2, 0.25) is 0 Å². The molecular formula is C4H10INS. The number of nitrogens with two attached hydrogens (primary N) is 1. The van der Waals surface area contributed by atoms with Crippen LogP contribution >= 0.6 is 35.2 Å². The molecule has 0 bridgehead atoms. The minimum Gasteiger partial charge on any atom is -0.330 e. The van der Waals surface area contributed by atoms with Crippen molar-refractivity contribution in [1.82, 2.24) is 0 Å². The van der Waals surface area contributed by atoms with E-state index in [0.717, 1.165) is 17.4 Å². The molecule has 0 saturated carbocycles. The highest BCUT2D eigenvalue weighted by Crippen LogP contribution is 2.02. The molecule has 0 fully saturated rings. The molecule has 0 aromatic carbocycles. The van der Waals surface area contributed by atoms with Crippen molar-refractivity contribution >= 4 is 35.2 Å². The number of halogens is 1. The van der Waals surface area contributed by atoms with Gasteiger partial charge in [-0.1, -0.05) is 22.6 Å². The van der Waals surface area contributed by atoms with Crippen LogP contribution in [0.2, 0.25) is 0 Å². The highest BCUT2D eigenvalue weighted by molar-refractivity contribution is 14.1. The van der Waals surface area contributed by atoms with Crippen molar-refractivity contribution in [3.05, 3.63) is 0 Å².